The Hall–Kier alpha value is -1.27. The fourth-order valence-electron chi connectivity index (χ4n) is 1.63. The molecule has 1 atom stereocenters. The number of rotatable bonds is 7. The van der Waals surface area contributed by atoms with Crippen molar-refractivity contribution in [3.8, 4) is 11.5 Å². The van der Waals surface area contributed by atoms with Crippen LogP contribution in [0.3, 0.4) is 0 Å². The Labute approximate surface area is 114 Å². The van der Waals surface area contributed by atoms with Gasteiger partial charge in [-0.25, -0.2) is 13.6 Å². The molecule has 0 saturated carbocycles. The van der Waals surface area contributed by atoms with Gasteiger partial charge in [-0.05, 0) is 18.1 Å². The van der Waals surface area contributed by atoms with Gasteiger partial charge in [-0.1, -0.05) is 19.9 Å². The van der Waals surface area contributed by atoms with Gasteiger partial charge >= 0.3 is 0 Å². The van der Waals surface area contributed by atoms with Crippen molar-refractivity contribution < 1.29 is 17.9 Å². The fraction of sp³-hybridized carbons (Fsp3) is 0.538. The summed E-state index contributed by atoms with van der Waals surface area (Å²) in [7, 11) is -1.91. The molecular formula is C13H21NO4S. The van der Waals surface area contributed by atoms with Crippen molar-refractivity contribution in [1.82, 2.24) is 0 Å². The summed E-state index contributed by atoms with van der Waals surface area (Å²) in [6.07, 6.45) is 0. The molecule has 5 nitrogen and oxygen atoms in total. The van der Waals surface area contributed by atoms with Crippen LogP contribution in [0.15, 0.2) is 24.3 Å². The average Bonchev–Trinajstić information content (AvgIpc) is 2.33. The molecule has 1 aromatic carbocycles. The summed E-state index contributed by atoms with van der Waals surface area (Å²) >= 11 is 0. The van der Waals surface area contributed by atoms with Crippen LogP contribution in [0.5, 0.6) is 11.5 Å². The second-order valence-electron chi connectivity index (χ2n) is 4.82. The molecule has 1 unspecified atom stereocenters. The highest BCUT2D eigenvalue weighted by Crippen LogP contribution is 2.21. The summed E-state index contributed by atoms with van der Waals surface area (Å²) in [6, 6.07) is 7.19. The molecule has 0 aliphatic rings. The van der Waals surface area contributed by atoms with Crippen LogP contribution in [0.2, 0.25) is 0 Å². The van der Waals surface area contributed by atoms with Crippen LogP contribution in [0, 0.1) is 11.8 Å². The molecule has 0 fully saturated rings. The van der Waals surface area contributed by atoms with Crippen molar-refractivity contribution in [1.29, 1.82) is 0 Å². The predicted octanol–water partition coefficient (Wildman–Crippen LogP) is 1.63. The third kappa shape index (κ3) is 5.94. The van der Waals surface area contributed by atoms with E-state index in [4.69, 9.17) is 14.6 Å². The molecule has 1 aromatic rings. The molecule has 0 aliphatic heterocycles. The second kappa shape index (κ2) is 6.77. The van der Waals surface area contributed by atoms with E-state index in [-0.39, 0.29) is 17.6 Å². The summed E-state index contributed by atoms with van der Waals surface area (Å²) in [5.41, 5.74) is 0. The summed E-state index contributed by atoms with van der Waals surface area (Å²) in [5.74, 6) is 1.31. The minimum atomic E-state index is -3.49. The summed E-state index contributed by atoms with van der Waals surface area (Å²) in [6.45, 7) is 4.21. The van der Waals surface area contributed by atoms with Crippen LogP contribution in [0.1, 0.15) is 13.8 Å². The topological polar surface area (TPSA) is 78.6 Å². The van der Waals surface area contributed by atoms with Gasteiger partial charge in [-0.2, -0.15) is 0 Å². The third-order valence-electron chi connectivity index (χ3n) is 2.89. The Balaban J connectivity index is 2.65. The lowest BCUT2D eigenvalue weighted by Crippen LogP contribution is -2.30. The van der Waals surface area contributed by atoms with E-state index in [1.807, 2.05) is 26.0 Å². The Morgan fingerprint density at radius 1 is 1.26 bits per heavy atom. The van der Waals surface area contributed by atoms with Crippen molar-refractivity contribution in [2.45, 2.75) is 13.8 Å². The number of sulfonamides is 1. The van der Waals surface area contributed by atoms with E-state index in [1.165, 1.54) is 0 Å². The highest BCUT2D eigenvalue weighted by atomic mass is 32.2. The molecule has 6 heteroatoms. The molecule has 0 bridgehead atoms. The van der Waals surface area contributed by atoms with Crippen molar-refractivity contribution in [2.75, 3.05) is 19.5 Å². The predicted molar refractivity (Wildman–Crippen MR) is 74.8 cm³/mol. The normalized spacial score (nSPS) is 13.3. The minimum absolute atomic E-state index is 0.0748. The van der Waals surface area contributed by atoms with Crippen LogP contribution < -0.4 is 14.6 Å². The van der Waals surface area contributed by atoms with Crippen LogP contribution in [-0.2, 0) is 10.0 Å². The van der Waals surface area contributed by atoms with E-state index in [0.717, 1.165) is 0 Å². The summed E-state index contributed by atoms with van der Waals surface area (Å²) in [4.78, 5) is 0. The van der Waals surface area contributed by atoms with Crippen LogP contribution in [-0.4, -0.2) is 27.9 Å². The largest absolute Gasteiger partial charge is 0.497 e. The first-order valence-corrected chi connectivity index (χ1v) is 7.80. The van der Waals surface area contributed by atoms with Crippen molar-refractivity contribution in [3.05, 3.63) is 24.3 Å². The number of methoxy groups -OCH3 is 1. The molecule has 108 valence electrons. The van der Waals surface area contributed by atoms with Gasteiger partial charge < -0.3 is 9.47 Å². The lowest BCUT2D eigenvalue weighted by Gasteiger charge is -2.20. The smallest absolute Gasteiger partial charge is 0.209 e. The first-order valence-electron chi connectivity index (χ1n) is 6.09. The zero-order valence-corrected chi connectivity index (χ0v) is 12.3. The van der Waals surface area contributed by atoms with Gasteiger partial charge in [0.25, 0.3) is 0 Å². The van der Waals surface area contributed by atoms with Gasteiger partial charge in [0.1, 0.15) is 11.5 Å². The van der Waals surface area contributed by atoms with E-state index in [0.29, 0.717) is 18.1 Å². The van der Waals surface area contributed by atoms with E-state index in [9.17, 15) is 8.42 Å². The highest BCUT2D eigenvalue weighted by Gasteiger charge is 2.20. The Bertz CT molecular complexity index is 499. The number of hydrogen-bond donors (Lipinski definition) is 1. The lowest BCUT2D eigenvalue weighted by molar-refractivity contribution is 0.224. The maximum Gasteiger partial charge on any atom is 0.209 e. The van der Waals surface area contributed by atoms with E-state index < -0.39 is 10.0 Å². The molecule has 0 saturated heterocycles. The van der Waals surface area contributed by atoms with Crippen molar-refractivity contribution in [2.24, 2.45) is 17.0 Å². The summed E-state index contributed by atoms with van der Waals surface area (Å²) in [5, 5.41) is 5.09. The first-order chi connectivity index (χ1) is 8.81. The number of benzene rings is 1. The first kappa shape index (κ1) is 15.8. The third-order valence-corrected chi connectivity index (χ3v) is 3.79. The molecule has 0 spiro atoms. The Morgan fingerprint density at radius 3 is 2.42 bits per heavy atom. The molecule has 1 rings (SSSR count). The average molecular weight is 287 g/mol. The molecule has 0 radical (unpaired) electrons. The Morgan fingerprint density at radius 2 is 1.89 bits per heavy atom. The number of hydrogen-bond acceptors (Lipinski definition) is 4. The molecule has 0 heterocycles. The highest BCUT2D eigenvalue weighted by molar-refractivity contribution is 7.89. The van der Waals surface area contributed by atoms with Crippen LogP contribution >= 0.6 is 0 Å². The van der Waals surface area contributed by atoms with E-state index >= 15 is 0 Å². The van der Waals surface area contributed by atoms with Crippen LogP contribution in [0.25, 0.3) is 0 Å². The molecule has 2 N–H and O–H groups in total. The molecule has 0 aliphatic carbocycles. The Kier molecular flexibility index (Phi) is 5.62. The number of primary sulfonamides is 1. The number of ether oxygens (including phenoxy) is 2. The van der Waals surface area contributed by atoms with Crippen LogP contribution in [0.4, 0.5) is 0 Å². The monoisotopic (exact) mass is 287 g/mol. The summed E-state index contributed by atoms with van der Waals surface area (Å²) < 4.78 is 33.0. The van der Waals surface area contributed by atoms with Gasteiger partial charge in [0, 0.05) is 12.0 Å². The molecular weight excluding hydrogens is 266 g/mol. The van der Waals surface area contributed by atoms with E-state index in [2.05, 4.69) is 0 Å². The minimum Gasteiger partial charge on any atom is -0.497 e. The molecule has 0 aromatic heterocycles. The van der Waals surface area contributed by atoms with Gasteiger partial charge in [0.2, 0.25) is 10.0 Å². The van der Waals surface area contributed by atoms with Crippen molar-refractivity contribution in [3.63, 3.8) is 0 Å². The van der Waals surface area contributed by atoms with E-state index in [1.54, 1.807) is 19.2 Å². The quantitative estimate of drug-likeness (QED) is 0.826. The SMILES string of the molecule is COc1cccc(OCC(CS(N)(=O)=O)C(C)C)c1. The molecule has 19 heavy (non-hydrogen) atoms. The fourth-order valence-corrected chi connectivity index (χ4v) is 2.70. The van der Waals surface area contributed by atoms with Gasteiger partial charge in [0.05, 0.1) is 19.5 Å². The van der Waals surface area contributed by atoms with Gasteiger partial charge in [-0.3, -0.25) is 0 Å². The zero-order valence-electron chi connectivity index (χ0n) is 11.5. The van der Waals surface area contributed by atoms with Gasteiger partial charge in [0.15, 0.2) is 0 Å². The molecule has 0 amide bonds. The number of nitrogens with two attached hydrogens (primary N) is 1. The lowest BCUT2D eigenvalue weighted by atomic mass is 9.99. The maximum atomic E-state index is 11.2. The standard InChI is InChI=1S/C13H21NO4S/c1-10(2)11(9-19(14,15)16)8-18-13-6-4-5-12(7-13)17-3/h4-7,10-11H,8-9H2,1-3H3,(H2,14,15,16). The van der Waals surface area contributed by atoms with Gasteiger partial charge in [-0.15, -0.1) is 0 Å². The zero-order chi connectivity index (χ0) is 14.5. The van der Waals surface area contributed by atoms with Crippen molar-refractivity contribution >= 4 is 10.0 Å². The maximum absolute atomic E-state index is 11.2. The second-order valence-corrected chi connectivity index (χ2v) is 6.48.